The molecule has 0 spiro atoms. The quantitative estimate of drug-likeness (QED) is 0.653. The molecule has 0 aliphatic carbocycles. The zero-order valence-corrected chi connectivity index (χ0v) is 16.0. The Morgan fingerprint density at radius 3 is 2.50 bits per heavy atom. The molecule has 0 saturated heterocycles. The lowest BCUT2D eigenvalue weighted by Crippen LogP contribution is -2.31. The summed E-state index contributed by atoms with van der Waals surface area (Å²) >= 11 is 0. The molecule has 3 aromatic rings. The number of urea groups is 1. The van der Waals surface area contributed by atoms with Crippen LogP contribution in [-0.4, -0.2) is 27.3 Å². The van der Waals surface area contributed by atoms with E-state index in [2.05, 4.69) is 15.5 Å². The summed E-state index contributed by atoms with van der Waals surface area (Å²) in [5.41, 5.74) is 7.60. The molecule has 2 amide bonds. The second-order valence-corrected chi connectivity index (χ2v) is 6.57. The highest BCUT2D eigenvalue weighted by Gasteiger charge is 2.11. The lowest BCUT2D eigenvalue weighted by atomic mass is 10.0. The van der Waals surface area contributed by atoms with Gasteiger partial charge in [-0.2, -0.15) is 0 Å². The number of ether oxygens (including phenoxy) is 1. The maximum Gasteiger partial charge on any atom is 0.312 e. The number of primary amides is 1. The first-order valence-corrected chi connectivity index (χ1v) is 8.94. The molecule has 0 radical (unpaired) electrons. The third kappa shape index (κ3) is 5.00. The largest absolute Gasteiger partial charge is 0.491 e. The molecule has 1 atom stereocenters. The van der Waals surface area contributed by atoms with Crippen LogP contribution in [0.4, 0.5) is 4.79 Å². The smallest absolute Gasteiger partial charge is 0.312 e. The van der Waals surface area contributed by atoms with Crippen molar-refractivity contribution in [2.24, 2.45) is 5.73 Å². The summed E-state index contributed by atoms with van der Waals surface area (Å²) in [6.45, 7) is 5.80. The monoisotopic (exact) mass is 381 g/mol. The van der Waals surface area contributed by atoms with Gasteiger partial charge in [-0.3, -0.25) is 0 Å². The SMILES string of the molecule is CC(C)Oc1ccc(On2ncc(-c3cccc(C(C)NC(N)=O)c3)n2)cc1. The Labute approximate surface area is 163 Å². The molecule has 3 rings (SSSR count). The number of benzene rings is 2. The number of nitrogens with zero attached hydrogens (tertiary/aromatic N) is 3. The van der Waals surface area contributed by atoms with E-state index < -0.39 is 6.03 Å². The molecule has 28 heavy (non-hydrogen) atoms. The molecule has 0 fully saturated rings. The van der Waals surface area contributed by atoms with Crippen molar-refractivity contribution >= 4 is 6.03 Å². The zero-order chi connectivity index (χ0) is 20.1. The van der Waals surface area contributed by atoms with Gasteiger partial charge in [0.15, 0.2) is 5.75 Å². The summed E-state index contributed by atoms with van der Waals surface area (Å²) < 4.78 is 5.61. The van der Waals surface area contributed by atoms with Gasteiger partial charge in [0.2, 0.25) is 0 Å². The maximum absolute atomic E-state index is 11.0. The Kier molecular flexibility index (Phi) is 5.78. The Bertz CT molecular complexity index is 937. The highest BCUT2D eigenvalue weighted by Crippen LogP contribution is 2.22. The van der Waals surface area contributed by atoms with Crippen molar-refractivity contribution in [2.45, 2.75) is 32.9 Å². The van der Waals surface area contributed by atoms with Crippen LogP contribution in [0.15, 0.2) is 54.7 Å². The van der Waals surface area contributed by atoms with Gasteiger partial charge in [-0.15, -0.1) is 10.2 Å². The van der Waals surface area contributed by atoms with Crippen molar-refractivity contribution in [3.8, 4) is 22.8 Å². The molecule has 1 aromatic heterocycles. The van der Waals surface area contributed by atoms with E-state index in [4.69, 9.17) is 15.3 Å². The number of hydrogen-bond acceptors (Lipinski definition) is 5. The van der Waals surface area contributed by atoms with Gasteiger partial charge in [0.05, 0.1) is 18.3 Å². The fourth-order valence-corrected chi connectivity index (χ4v) is 2.63. The first-order chi connectivity index (χ1) is 13.4. The molecular weight excluding hydrogens is 358 g/mol. The fraction of sp³-hybridized carbons (Fsp3) is 0.250. The Morgan fingerprint density at radius 1 is 1.11 bits per heavy atom. The highest BCUT2D eigenvalue weighted by molar-refractivity contribution is 5.72. The number of aromatic nitrogens is 3. The van der Waals surface area contributed by atoms with E-state index in [1.54, 1.807) is 18.3 Å². The van der Waals surface area contributed by atoms with Crippen LogP contribution in [0.1, 0.15) is 32.4 Å². The minimum absolute atomic E-state index is 0.110. The number of nitrogens with one attached hydrogen (secondary N) is 1. The molecule has 8 heteroatoms. The molecule has 2 aromatic carbocycles. The van der Waals surface area contributed by atoms with Crippen LogP contribution in [0, 0.1) is 0 Å². The molecule has 1 unspecified atom stereocenters. The molecule has 8 nitrogen and oxygen atoms in total. The lowest BCUT2D eigenvalue weighted by Gasteiger charge is -2.13. The Hall–Kier alpha value is -3.55. The van der Waals surface area contributed by atoms with Crippen molar-refractivity contribution in [1.29, 1.82) is 0 Å². The number of carbonyl (C=O) groups excluding carboxylic acids is 1. The fourth-order valence-electron chi connectivity index (χ4n) is 2.63. The van der Waals surface area contributed by atoms with Crippen LogP contribution in [0.3, 0.4) is 0 Å². The molecule has 1 heterocycles. The second-order valence-electron chi connectivity index (χ2n) is 6.57. The molecule has 0 aliphatic heterocycles. The topological polar surface area (TPSA) is 104 Å². The average Bonchev–Trinajstić information content (AvgIpc) is 3.11. The average molecular weight is 381 g/mol. The van der Waals surface area contributed by atoms with Crippen molar-refractivity contribution in [2.75, 3.05) is 0 Å². The molecule has 0 aliphatic rings. The van der Waals surface area contributed by atoms with Crippen LogP contribution < -0.4 is 20.6 Å². The summed E-state index contributed by atoms with van der Waals surface area (Å²) in [5, 5.41) is 11.1. The molecule has 3 N–H and O–H groups in total. The summed E-state index contributed by atoms with van der Waals surface area (Å²) in [4.78, 5) is 17.8. The summed E-state index contributed by atoms with van der Waals surface area (Å²) in [6.07, 6.45) is 1.72. The first-order valence-electron chi connectivity index (χ1n) is 8.94. The van der Waals surface area contributed by atoms with E-state index in [-0.39, 0.29) is 12.1 Å². The van der Waals surface area contributed by atoms with Gasteiger partial charge in [0.25, 0.3) is 0 Å². The number of nitrogens with two attached hydrogens (primary N) is 1. The summed E-state index contributed by atoms with van der Waals surface area (Å²) in [5.74, 6) is 1.36. The highest BCUT2D eigenvalue weighted by atomic mass is 16.7. The zero-order valence-electron chi connectivity index (χ0n) is 16.0. The molecule has 146 valence electrons. The summed E-state index contributed by atoms with van der Waals surface area (Å²) in [6, 6.07) is 14.1. The normalized spacial score (nSPS) is 11.9. The standard InChI is InChI=1S/C20H23N5O3/c1-13(2)27-17-7-9-18(10-8-17)28-25-22-12-19(24-25)16-6-4-5-15(11-16)14(3)23-20(21)26/h4-14H,1-3H3,(H3,21,23,26). The number of rotatable bonds is 7. The van der Waals surface area contributed by atoms with Crippen LogP contribution in [0.25, 0.3) is 11.3 Å². The van der Waals surface area contributed by atoms with Crippen LogP contribution in [-0.2, 0) is 0 Å². The molecular formula is C20H23N5O3. The van der Waals surface area contributed by atoms with E-state index in [9.17, 15) is 4.79 Å². The van der Waals surface area contributed by atoms with E-state index >= 15 is 0 Å². The van der Waals surface area contributed by atoms with Crippen LogP contribution in [0.5, 0.6) is 11.5 Å². The predicted molar refractivity (Wildman–Crippen MR) is 105 cm³/mol. The maximum atomic E-state index is 11.0. The van der Waals surface area contributed by atoms with Gasteiger partial charge in [-0.05, 0) is 56.7 Å². The van der Waals surface area contributed by atoms with E-state index in [1.807, 2.05) is 57.2 Å². The van der Waals surface area contributed by atoms with Gasteiger partial charge in [-0.25, -0.2) is 4.79 Å². The Morgan fingerprint density at radius 2 is 1.82 bits per heavy atom. The molecule has 0 saturated carbocycles. The van der Waals surface area contributed by atoms with Crippen molar-refractivity contribution in [3.05, 3.63) is 60.3 Å². The van der Waals surface area contributed by atoms with Crippen molar-refractivity contribution in [1.82, 2.24) is 20.5 Å². The van der Waals surface area contributed by atoms with E-state index in [1.165, 1.54) is 0 Å². The summed E-state index contributed by atoms with van der Waals surface area (Å²) in [7, 11) is 0. The minimum Gasteiger partial charge on any atom is -0.491 e. The van der Waals surface area contributed by atoms with Gasteiger partial charge in [-0.1, -0.05) is 18.2 Å². The lowest BCUT2D eigenvalue weighted by molar-refractivity contribution is 0.141. The van der Waals surface area contributed by atoms with Gasteiger partial charge >= 0.3 is 6.03 Å². The minimum atomic E-state index is -0.568. The predicted octanol–water partition coefficient (Wildman–Crippen LogP) is 3.30. The third-order valence-corrected chi connectivity index (χ3v) is 3.90. The van der Waals surface area contributed by atoms with Crippen LogP contribution in [0.2, 0.25) is 0 Å². The van der Waals surface area contributed by atoms with Crippen molar-refractivity contribution < 1.29 is 14.4 Å². The van der Waals surface area contributed by atoms with Crippen LogP contribution >= 0.6 is 0 Å². The van der Waals surface area contributed by atoms with Gasteiger partial charge in [0.1, 0.15) is 11.4 Å². The first kappa shape index (κ1) is 19.2. The van der Waals surface area contributed by atoms with E-state index in [0.29, 0.717) is 11.4 Å². The number of carbonyl (C=O) groups is 1. The van der Waals surface area contributed by atoms with E-state index in [0.717, 1.165) is 21.8 Å². The van der Waals surface area contributed by atoms with Gasteiger partial charge < -0.3 is 20.6 Å². The Balaban J connectivity index is 1.71. The van der Waals surface area contributed by atoms with Crippen molar-refractivity contribution in [3.63, 3.8) is 0 Å². The molecule has 0 bridgehead atoms. The number of hydrogen-bond donors (Lipinski definition) is 2. The van der Waals surface area contributed by atoms with Gasteiger partial charge in [0, 0.05) is 10.5 Å². The third-order valence-electron chi connectivity index (χ3n) is 3.90. The number of amides is 2. The second kappa shape index (κ2) is 8.43.